The quantitative estimate of drug-likeness (QED) is 0.797. The van der Waals surface area contributed by atoms with Crippen molar-refractivity contribution in [3.63, 3.8) is 0 Å². The molecule has 0 radical (unpaired) electrons. The zero-order valence-corrected chi connectivity index (χ0v) is 14.0. The van der Waals surface area contributed by atoms with E-state index in [4.69, 9.17) is 9.31 Å². The van der Waals surface area contributed by atoms with Crippen LogP contribution in [0.25, 0.3) is 10.6 Å². The van der Waals surface area contributed by atoms with Gasteiger partial charge in [0, 0.05) is 11.3 Å². The van der Waals surface area contributed by atoms with E-state index in [1.54, 1.807) is 11.3 Å². The summed E-state index contributed by atoms with van der Waals surface area (Å²) in [6.07, 6.45) is 0. The van der Waals surface area contributed by atoms with Crippen LogP contribution in [0.1, 0.15) is 33.4 Å². The van der Waals surface area contributed by atoms with Crippen molar-refractivity contribution in [2.45, 2.75) is 45.8 Å². The number of rotatable bonds is 2. The minimum Gasteiger partial charge on any atom is -0.399 e. The lowest BCUT2D eigenvalue weighted by molar-refractivity contribution is 0.00578. The molecule has 1 fully saturated rings. The van der Waals surface area contributed by atoms with E-state index in [9.17, 15) is 0 Å². The van der Waals surface area contributed by atoms with Crippen LogP contribution in [-0.4, -0.2) is 23.3 Å². The van der Waals surface area contributed by atoms with Gasteiger partial charge in [0.25, 0.3) is 0 Å². The first-order valence-corrected chi connectivity index (χ1v) is 8.00. The van der Waals surface area contributed by atoms with Gasteiger partial charge in [-0.1, -0.05) is 30.3 Å². The first kappa shape index (κ1) is 14.8. The Morgan fingerprint density at radius 3 is 2.14 bits per heavy atom. The molecule has 0 unspecified atom stereocenters. The molecule has 5 heteroatoms. The highest BCUT2D eigenvalue weighted by atomic mass is 32.1. The second-order valence-electron chi connectivity index (χ2n) is 6.42. The van der Waals surface area contributed by atoms with Crippen molar-refractivity contribution in [2.24, 2.45) is 0 Å². The van der Waals surface area contributed by atoms with Crippen LogP contribution in [0.2, 0.25) is 0 Å². The number of hydrogen-bond acceptors (Lipinski definition) is 4. The fourth-order valence-corrected chi connectivity index (χ4v) is 3.31. The molecule has 0 amide bonds. The highest BCUT2D eigenvalue weighted by molar-refractivity contribution is 7.25. The van der Waals surface area contributed by atoms with E-state index in [1.807, 2.05) is 25.1 Å². The van der Waals surface area contributed by atoms with Crippen molar-refractivity contribution in [3.05, 3.63) is 36.0 Å². The van der Waals surface area contributed by atoms with Gasteiger partial charge in [0.1, 0.15) is 5.01 Å². The number of hydrogen-bond donors (Lipinski definition) is 0. The van der Waals surface area contributed by atoms with E-state index >= 15 is 0 Å². The Balaban J connectivity index is 1.93. The van der Waals surface area contributed by atoms with Gasteiger partial charge in [-0.2, -0.15) is 0 Å². The molecule has 1 aliphatic heterocycles. The summed E-state index contributed by atoms with van der Waals surface area (Å²) in [7, 11) is -0.329. The number of aryl methyl sites for hydroxylation is 1. The van der Waals surface area contributed by atoms with Gasteiger partial charge in [-0.3, -0.25) is 0 Å². The molecule has 1 saturated heterocycles. The van der Waals surface area contributed by atoms with Gasteiger partial charge in [0.15, 0.2) is 0 Å². The number of benzene rings is 1. The zero-order valence-electron chi connectivity index (χ0n) is 13.1. The number of aromatic nitrogens is 1. The Morgan fingerprint density at radius 1 is 1.00 bits per heavy atom. The van der Waals surface area contributed by atoms with Crippen molar-refractivity contribution in [1.82, 2.24) is 4.98 Å². The van der Waals surface area contributed by atoms with Crippen molar-refractivity contribution < 1.29 is 9.31 Å². The average molecular weight is 301 g/mol. The average Bonchev–Trinajstić information content (AvgIpc) is 2.89. The monoisotopic (exact) mass is 301 g/mol. The third-order valence-electron chi connectivity index (χ3n) is 4.32. The van der Waals surface area contributed by atoms with Crippen molar-refractivity contribution in [1.29, 1.82) is 0 Å². The summed E-state index contributed by atoms with van der Waals surface area (Å²) in [6.45, 7) is 10.3. The lowest BCUT2D eigenvalue weighted by atomic mass is 9.86. The van der Waals surface area contributed by atoms with E-state index in [0.29, 0.717) is 0 Å². The summed E-state index contributed by atoms with van der Waals surface area (Å²) in [5.41, 5.74) is 1.48. The van der Waals surface area contributed by atoms with Gasteiger partial charge in [-0.05, 0) is 34.6 Å². The molecule has 2 heterocycles. The Morgan fingerprint density at radius 2 is 1.57 bits per heavy atom. The molecule has 21 heavy (non-hydrogen) atoms. The highest BCUT2D eigenvalue weighted by Gasteiger charge is 2.52. The fraction of sp³-hybridized carbons (Fsp3) is 0.438. The first-order valence-electron chi connectivity index (χ1n) is 7.18. The summed E-state index contributed by atoms with van der Waals surface area (Å²) in [4.78, 5) is 4.68. The number of nitrogens with zero attached hydrogens (tertiary/aromatic N) is 1. The maximum absolute atomic E-state index is 6.13. The van der Waals surface area contributed by atoms with E-state index in [0.717, 1.165) is 21.0 Å². The molecule has 1 aliphatic rings. The predicted molar refractivity (Wildman–Crippen MR) is 88.0 cm³/mol. The summed E-state index contributed by atoms with van der Waals surface area (Å²) in [5.74, 6) is 0. The Hall–Kier alpha value is -1.17. The Labute approximate surface area is 130 Å². The topological polar surface area (TPSA) is 31.4 Å². The number of thiazole rings is 1. The fourth-order valence-electron chi connectivity index (χ4n) is 2.28. The van der Waals surface area contributed by atoms with E-state index < -0.39 is 0 Å². The highest BCUT2D eigenvalue weighted by Crippen LogP contribution is 2.37. The largest absolute Gasteiger partial charge is 0.507 e. The third-order valence-corrected chi connectivity index (χ3v) is 5.55. The van der Waals surface area contributed by atoms with Crippen LogP contribution in [0.15, 0.2) is 30.3 Å². The minimum atomic E-state index is -0.329. The maximum atomic E-state index is 6.13. The first-order chi connectivity index (χ1) is 9.80. The van der Waals surface area contributed by atoms with Gasteiger partial charge in [-0.25, -0.2) is 4.98 Å². The molecule has 1 aromatic carbocycles. The molecule has 1 aromatic heterocycles. The lowest BCUT2D eigenvalue weighted by Crippen LogP contribution is -2.41. The molecule has 2 aromatic rings. The molecule has 0 aliphatic carbocycles. The van der Waals surface area contributed by atoms with Crippen molar-refractivity contribution in [2.75, 3.05) is 0 Å². The maximum Gasteiger partial charge on any atom is 0.507 e. The van der Waals surface area contributed by atoms with Gasteiger partial charge >= 0.3 is 7.12 Å². The van der Waals surface area contributed by atoms with Crippen LogP contribution in [-0.2, 0) is 9.31 Å². The van der Waals surface area contributed by atoms with E-state index in [1.165, 1.54) is 0 Å². The van der Waals surface area contributed by atoms with Gasteiger partial charge in [-0.15, -0.1) is 11.3 Å². The van der Waals surface area contributed by atoms with Crippen molar-refractivity contribution in [3.8, 4) is 10.6 Å². The lowest BCUT2D eigenvalue weighted by Gasteiger charge is -2.32. The summed E-state index contributed by atoms with van der Waals surface area (Å²) in [5, 5.41) is 1.01. The van der Waals surface area contributed by atoms with Crippen LogP contribution in [0.3, 0.4) is 0 Å². The predicted octanol–water partition coefficient (Wildman–Crippen LogP) is 3.42. The molecule has 3 nitrogen and oxygen atoms in total. The van der Waals surface area contributed by atoms with E-state index in [2.05, 4.69) is 44.8 Å². The molecular formula is C16H20BNO2S. The minimum absolute atomic E-state index is 0.318. The molecule has 110 valence electrons. The molecule has 0 N–H and O–H groups in total. The Bertz CT molecular complexity index is 636. The molecule has 0 atom stereocenters. The smallest absolute Gasteiger partial charge is 0.399 e. The molecular weight excluding hydrogens is 281 g/mol. The summed E-state index contributed by atoms with van der Waals surface area (Å²) in [6, 6.07) is 10.2. The Kier molecular flexibility index (Phi) is 3.47. The molecule has 0 saturated carbocycles. The summed E-state index contributed by atoms with van der Waals surface area (Å²) >= 11 is 1.65. The van der Waals surface area contributed by atoms with Crippen molar-refractivity contribution >= 4 is 23.2 Å². The van der Waals surface area contributed by atoms with Crippen LogP contribution in [0.5, 0.6) is 0 Å². The normalized spacial score (nSPS) is 20.0. The zero-order chi connectivity index (χ0) is 15.3. The molecule has 0 bridgehead atoms. The van der Waals surface area contributed by atoms with Gasteiger partial charge in [0.05, 0.1) is 16.0 Å². The molecule has 0 spiro atoms. The SMILES string of the molecule is Cc1nc(-c2ccccc2)sc1B1OC(C)(C)C(C)(C)O1. The second kappa shape index (κ2) is 4.94. The van der Waals surface area contributed by atoms with Crippen LogP contribution in [0.4, 0.5) is 0 Å². The van der Waals surface area contributed by atoms with Crippen LogP contribution >= 0.6 is 11.3 Å². The standard InChI is InChI=1S/C16H20BNO2S/c1-11-13(17-19-15(2,3)16(4,5)20-17)21-14(18-11)12-9-7-6-8-10-12/h6-10H,1-5H3. The van der Waals surface area contributed by atoms with Gasteiger partial charge in [0.2, 0.25) is 0 Å². The summed E-state index contributed by atoms with van der Waals surface area (Å²) < 4.78 is 13.3. The second-order valence-corrected chi connectivity index (χ2v) is 7.45. The van der Waals surface area contributed by atoms with Crippen LogP contribution < -0.4 is 4.78 Å². The van der Waals surface area contributed by atoms with E-state index in [-0.39, 0.29) is 18.3 Å². The third kappa shape index (κ3) is 2.54. The molecule has 3 rings (SSSR count). The van der Waals surface area contributed by atoms with Gasteiger partial charge < -0.3 is 9.31 Å². The van der Waals surface area contributed by atoms with Crippen LogP contribution in [0, 0.1) is 6.92 Å².